The first-order chi connectivity index (χ1) is 13.1. The lowest BCUT2D eigenvalue weighted by Gasteiger charge is -2.12. The Hall–Kier alpha value is -3.06. The second kappa shape index (κ2) is 8.55. The van der Waals surface area contributed by atoms with Gasteiger partial charge in [0.2, 0.25) is 0 Å². The fourth-order valence-electron chi connectivity index (χ4n) is 2.48. The van der Waals surface area contributed by atoms with E-state index in [9.17, 15) is 4.79 Å². The zero-order valence-corrected chi connectivity index (χ0v) is 16.1. The molecule has 1 aromatic heterocycles. The summed E-state index contributed by atoms with van der Waals surface area (Å²) in [6.45, 7) is 2.25. The highest BCUT2D eigenvalue weighted by Gasteiger charge is 2.14. The third-order valence-corrected chi connectivity index (χ3v) is 4.61. The number of rotatable bonds is 7. The Morgan fingerprint density at radius 1 is 1.11 bits per heavy atom. The third-order valence-electron chi connectivity index (χ3n) is 3.78. The van der Waals surface area contributed by atoms with Crippen molar-refractivity contribution in [1.82, 2.24) is 4.98 Å². The number of anilines is 1. The van der Waals surface area contributed by atoms with Crippen molar-refractivity contribution in [2.75, 3.05) is 19.5 Å². The lowest BCUT2D eigenvalue weighted by atomic mass is 10.1. The SMILES string of the molecule is COc1cc(NC(=O)c2ccccc2OCc2csc(C)n2)cc(OC)c1. The number of benzene rings is 2. The minimum Gasteiger partial charge on any atom is -0.497 e. The van der Waals surface area contributed by atoms with Crippen LogP contribution in [0.25, 0.3) is 0 Å². The number of nitrogens with zero attached hydrogens (tertiary/aromatic N) is 1. The zero-order valence-electron chi connectivity index (χ0n) is 15.3. The molecule has 0 aliphatic rings. The van der Waals surface area contributed by atoms with E-state index in [4.69, 9.17) is 14.2 Å². The third kappa shape index (κ3) is 4.77. The van der Waals surface area contributed by atoms with Crippen LogP contribution in [0.5, 0.6) is 17.2 Å². The molecule has 0 aliphatic heterocycles. The van der Waals surface area contributed by atoms with E-state index in [0.717, 1.165) is 10.7 Å². The monoisotopic (exact) mass is 384 g/mol. The van der Waals surface area contributed by atoms with Gasteiger partial charge in [0.15, 0.2) is 0 Å². The van der Waals surface area contributed by atoms with E-state index in [0.29, 0.717) is 35.1 Å². The number of hydrogen-bond donors (Lipinski definition) is 1. The summed E-state index contributed by atoms with van der Waals surface area (Å²) >= 11 is 1.56. The van der Waals surface area contributed by atoms with Crippen LogP contribution >= 0.6 is 11.3 Å². The molecular weight excluding hydrogens is 364 g/mol. The van der Waals surface area contributed by atoms with Crippen LogP contribution in [-0.2, 0) is 6.61 Å². The molecule has 0 unspecified atom stereocenters. The molecule has 7 heteroatoms. The molecule has 1 heterocycles. The van der Waals surface area contributed by atoms with E-state index in [1.165, 1.54) is 0 Å². The molecule has 27 heavy (non-hydrogen) atoms. The lowest BCUT2D eigenvalue weighted by molar-refractivity contribution is 0.102. The number of amides is 1. The van der Waals surface area contributed by atoms with Crippen molar-refractivity contribution in [3.05, 3.63) is 64.1 Å². The molecule has 1 N–H and O–H groups in total. The molecule has 0 aliphatic carbocycles. The summed E-state index contributed by atoms with van der Waals surface area (Å²) in [5.41, 5.74) is 1.85. The number of thiazole rings is 1. The Morgan fingerprint density at radius 2 is 1.81 bits per heavy atom. The number of nitrogens with one attached hydrogen (secondary N) is 1. The second-order valence-electron chi connectivity index (χ2n) is 5.70. The Balaban J connectivity index is 1.77. The summed E-state index contributed by atoms with van der Waals surface area (Å²) in [4.78, 5) is 17.1. The van der Waals surface area contributed by atoms with Gasteiger partial charge < -0.3 is 19.5 Å². The molecule has 0 atom stereocenters. The summed E-state index contributed by atoms with van der Waals surface area (Å²) < 4.78 is 16.3. The van der Waals surface area contributed by atoms with Crippen molar-refractivity contribution in [1.29, 1.82) is 0 Å². The number of para-hydroxylation sites is 1. The highest BCUT2D eigenvalue weighted by atomic mass is 32.1. The summed E-state index contributed by atoms with van der Waals surface area (Å²) in [6, 6.07) is 12.3. The van der Waals surface area contributed by atoms with Gasteiger partial charge in [0.1, 0.15) is 23.9 Å². The van der Waals surface area contributed by atoms with Gasteiger partial charge in [0.25, 0.3) is 5.91 Å². The molecule has 0 saturated carbocycles. The number of carbonyl (C=O) groups excluding carboxylic acids is 1. The Labute approximate surface area is 161 Å². The van der Waals surface area contributed by atoms with Gasteiger partial charge >= 0.3 is 0 Å². The van der Waals surface area contributed by atoms with E-state index >= 15 is 0 Å². The summed E-state index contributed by atoms with van der Waals surface area (Å²) in [5.74, 6) is 1.40. The van der Waals surface area contributed by atoms with Crippen LogP contribution in [0, 0.1) is 6.92 Å². The molecule has 0 bridgehead atoms. The molecule has 0 radical (unpaired) electrons. The smallest absolute Gasteiger partial charge is 0.259 e. The summed E-state index contributed by atoms with van der Waals surface area (Å²) in [6.07, 6.45) is 0. The van der Waals surface area contributed by atoms with Gasteiger partial charge in [-0.2, -0.15) is 0 Å². The van der Waals surface area contributed by atoms with Crippen LogP contribution in [0.3, 0.4) is 0 Å². The summed E-state index contributed by atoms with van der Waals surface area (Å²) in [5, 5.41) is 5.78. The average molecular weight is 384 g/mol. The molecule has 0 saturated heterocycles. The van der Waals surface area contributed by atoms with Crippen molar-refractivity contribution in [2.45, 2.75) is 13.5 Å². The Bertz CT molecular complexity index is 917. The zero-order chi connectivity index (χ0) is 19.2. The number of aromatic nitrogens is 1. The number of hydrogen-bond acceptors (Lipinski definition) is 6. The van der Waals surface area contributed by atoms with E-state index in [-0.39, 0.29) is 5.91 Å². The molecular formula is C20H20N2O4S. The minimum absolute atomic E-state index is 0.282. The van der Waals surface area contributed by atoms with Crippen molar-refractivity contribution >= 4 is 22.9 Å². The van der Waals surface area contributed by atoms with Gasteiger partial charge in [-0.15, -0.1) is 11.3 Å². The predicted molar refractivity (Wildman–Crippen MR) is 105 cm³/mol. The maximum absolute atomic E-state index is 12.8. The number of methoxy groups -OCH3 is 2. The van der Waals surface area contributed by atoms with Crippen LogP contribution in [0.1, 0.15) is 21.1 Å². The molecule has 0 spiro atoms. The average Bonchev–Trinajstić information content (AvgIpc) is 3.11. The van der Waals surface area contributed by atoms with Gasteiger partial charge in [-0.3, -0.25) is 4.79 Å². The van der Waals surface area contributed by atoms with Gasteiger partial charge in [-0.1, -0.05) is 12.1 Å². The molecule has 1 amide bonds. The fraction of sp³-hybridized carbons (Fsp3) is 0.200. The molecule has 140 valence electrons. The van der Waals surface area contributed by atoms with Crippen LogP contribution in [0.15, 0.2) is 47.8 Å². The van der Waals surface area contributed by atoms with Crippen molar-refractivity contribution < 1.29 is 19.0 Å². The van der Waals surface area contributed by atoms with Crippen LogP contribution in [0.2, 0.25) is 0 Å². The van der Waals surface area contributed by atoms with E-state index in [1.807, 2.05) is 18.4 Å². The highest BCUT2D eigenvalue weighted by Crippen LogP contribution is 2.27. The van der Waals surface area contributed by atoms with Gasteiger partial charge in [0, 0.05) is 29.3 Å². The number of aryl methyl sites for hydroxylation is 1. The lowest BCUT2D eigenvalue weighted by Crippen LogP contribution is -2.14. The quantitative estimate of drug-likeness (QED) is 0.658. The minimum atomic E-state index is -0.282. The fourth-order valence-corrected chi connectivity index (χ4v) is 3.08. The Kier molecular flexibility index (Phi) is 5.93. The standard InChI is InChI=1S/C20H20N2O4S/c1-13-21-15(12-27-13)11-26-19-7-5-4-6-18(19)20(23)22-14-8-16(24-2)10-17(9-14)25-3/h4-10,12H,11H2,1-3H3,(H,22,23). The van der Waals surface area contributed by atoms with Crippen LogP contribution in [-0.4, -0.2) is 25.1 Å². The first-order valence-electron chi connectivity index (χ1n) is 8.26. The molecule has 3 rings (SSSR count). The van der Waals surface area contributed by atoms with Crippen LogP contribution in [0.4, 0.5) is 5.69 Å². The largest absolute Gasteiger partial charge is 0.497 e. The predicted octanol–water partition coefficient (Wildman–Crippen LogP) is 4.30. The van der Waals surface area contributed by atoms with Gasteiger partial charge in [-0.05, 0) is 19.1 Å². The van der Waals surface area contributed by atoms with Crippen molar-refractivity contribution in [3.8, 4) is 17.2 Å². The van der Waals surface area contributed by atoms with Gasteiger partial charge in [0.05, 0.1) is 30.5 Å². The maximum atomic E-state index is 12.8. The van der Waals surface area contributed by atoms with E-state index in [1.54, 1.807) is 62.0 Å². The highest BCUT2D eigenvalue weighted by molar-refractivity contribution is 7.09. The molecule has 3 aromatic rings. The number of ether oxygens (including phenoxy) is 3. The molecule has 0 fully saturated rings. The molecule has 6 nitrogen and oxygen atoms in total. The topological polar surface area (TPSA) is 69.7 Å². The number of carbonyl (C=O) groups is 1. The van der Waals surface area contributed by atoms with Crippen molar-refractivity contribution in [3.63, 3.8) is 0 Å². The Morgan fingerprint density at radius 3 is 2.44 bits per heavy atom. The normalized spacial score (nSPS) is 10.3. The maximum Gasteiger partial charge on any atom is 0.259 e. The second-order valence-corrected chi connectivity index (χ2v) is 6.76. The van der Waals surface area contributed by atoms with Crippen molar-refractivity contribution in [2.24, 2.45) is 0 Å². The van der Waals surface area contributed by atoms with Crippen LogP contribution < -0.4 is 19.5 Å². The summed E-state index contributed by atoms with van der Waals surface area (Å²) in [7, 11) is 3.12. The first kappa shape index (κ1) is 18.7. The van der Waals surface area contributed by atoms with E-state index in [2.05, 4.69) is 10.3 Å². The first-order valence-corrected chi connectivity index (χ1v) is 9.14. The van der Waals surface area contributed by atoms with Gasteiger partial charge in [-0.25, -0.2) is 4.98 Å². The van der Waals surface area contributed by atoms with E-state index < -0.39 is 0 Å². The molecule has 2 aromatic carbocycles.